The molecule has 4 heteroatoms. The van der Waals surface area contributed by atoms with Crippen LogP contribution in [0.2, 0.25) is 0 Å². The summed E-state index contributed by atoms with van der Waals surface area (Å²) >= 11 is 5.35. The van der Waals surface area contributed by atoms with Crippen molar-refractivity contribution >= 4 is 12.2 Å². The van der Waals surface area contributed by atoms with Gasteiger partial charge >= 0.3 is 0 Å². The van der Waals surface area contributed by atoms with Gasteiger partial charge in [-0.05, 0) is 49.9 Å². The third-order valence-electron chi connectivity index (χ3n) is 4.27. The Morgan fingerprint density at radius 2 is 1.95 bits per heavy atom. The molecule has 0 spiro atoms. The van der Waals surface area contributed by atoms with Crippen molar-refractivity contribution in [1.29, 1.82) is 0 Å². The van der Waals surface area contributed by atoms with Crippen LogP contribution in [0, 0.1) is 11.7 Å². The molecule has 2 fully saturated rings. The Kier molecular flexibility index (Phi) is 2.42. The van der Waals surface area contributed by atoms with E-state index in [1.54, 1.807) is 0 Å². The van der Waals surface area contributed by atoms with Crippen LogP contribution in [0.1, 0.15) is 54.1 Å². The van der Waals surface area contributed by atoms with Crippen molar-refractivity contribution in [2.45, 2.75) is 44.1 Å². The van der Waals surface area contributed by atoms with E-state index in [-0.39, 0.29) is 0 Å². The quantitative estimate of drug-likeness (QED) is 0.860. The molecular weight excluding hydrogens is 254 g/mol. The van der Waals surface area contributed by atoms with Gasteiger partial charge in [-0.1, -0.05) is 29.8 Å². The van der Waals surface area contributed by atoms with Crippen LogP contribution >= 0.6 is 12.2 Å². The Morgan fingerprint density at radius 3 is 2.63 bits per heavy atom. The van der Waals surface area contributed by atoms with Gasteiger partial charge < -0.3 is 4.57 Å². The first-order valence-corrected chi connectivity index (χ1v) is 7.38. The van der Waals surface area contributed by atoms with Gasteiger partial charge in [-0.15, -0.1) is 0 Å². The molecule has 1 aromatic carbocycles. The Bertz CT molecular complexity index is 663. The molecule has 0 radical (unpaired) electrons. The molecule has 4 rings (SSSR count). The van der Waals surface area contributed by atoms with Gasteiger partial charge in [0.25, 0.3) is 0 Å². The van der Waals surface area contributed by atoms with Crippen LogP contribution in [0.4, 0.5) is 0 Å². The third kappa shape index (κ3) is 1.94. The molecule has 1 aromatic heterocycles. The molecule has 2 aromatic rings. The van der Waals surface area contributed by atoms with E-state index in [1.165, 1.54) is 36.2 Å². The second-order valence-corrected chi connectivity index (χ2v) is 6.23. The van der Waals surface area contributed by atoms with Crippen molar-refractivity contribution in [2.24, 2.45) is 0 Å². The summed E-state index contributed by atoms with van der Waals surface area (Å²) in [5.74, 6) is 2.36. The predicted molar refractivity (Wildman–Crippen MR) is 77.0 cm³/mol. The van der Waals surface area contributed by atoms with Gasteiger partial charge in [0.05, 0.1) is 0 Å². The van der Waals surface area contributed by atoms with Gasteiger partial charge in [0.15, 0.2) is 4.77 Å². The van der Waals surface area contributed by atoms with E-state index in [1.807, 2.05) is 0 Å². The van der Waals surface area contributed by atoms with Crippen molar-refractivity contribution in [1.82, 2.24) is 14.8 Å². The van der Waals surface area contributed by atoms with Crippen LogP contribution in [0.15, 0.2) is 24.3 Å². The zero-order valence-electron chi connectivity index (χ0n) is 11.0. The van der Waals surface area contributed by atoms with E-state index < -0.39 is 0 Å². The van der Waals surface area contributed by atoms with E-state index in [0.717, 1.165) is 4.77 Å². The van der Waals surface area contributed by atoms with Crippen LogP contribution < -0.4 is 0 Å². The number of nitrogens with one attached hydrogen (secondary N) is 1. The predicted octanol–water partition coefficient (Wildman–Crippen LogP) is 3.86. The molecule has 2 aliphatic carbocycles. The highest BCUT2D eigenvalue weighted by Crippen LogP contribution is 2.55. The lowest BCUT2D eigenvalue weighted by Crippen LogP contribution is -2.01. The smallest absolute Gasteiger partial charge is 0.195 e. The molecule has 0 unspecified atom stereocenters. The molecular formula is C15H17N3S. The average Bonchev–Trinajstić information content (AvgIpc) is 3.31. The summed E-state index contributed by atoms with van der Waals surface area (Å²) in [4.78, 5) is 0. The summed E-state index contributed by atoms with van der Waals surface area (Å²) in [7, 11) is 0. The van der Waals surface area contributed by atoms with Gasteiger partial charge in [0.1, 0.15) is 5.82 Å². The number of benzene rings is 1. The van der Waals surface area contributed by atoms with Crippen molar-refractivity contribution in [2.75, 3.05) is 0 Å². The topological polar surface area (TPSA) is 33.6 Å². The Balaban J connectivity index is 1.62. The van der Waals surface area contributed by atoms with Gasteiger partial charge in [-0.2, -0.15) is 5.10 Å². The number of aromatic nitrogens is 3. The summed E-state index contributed by atoms with van der Waals surface area (Å²) in [5, 5.41) is 7.45. The number of nitrogens with zero attached hydrogens (tertiary/aromatic N) is 2. The second kappa shape index (κ2) is 4.04. The van der Waals surface area contributed by atoms with Gasteiger partial charge in [0.2, 0.25) is 0 Å². The standard InChI is InChI=1S/C15H17N3S/c1-9-2-4-10(5-3-9)12-8-13(12)14-16-17-15(19)18(14)11-6-7-11/h2-5,11-13H,6-8H2,1H3,(H,17,19)/t12-,13-/m1/s1. The fourth-order valence-electron chi connectivity index (χ4n) is 2.93. The second-order valence-electron chi connectivity index (χ2n) is 5.85. The van der Waals surface area contributed by atoms with Crippen LogP contribution in [-0.4, -0.2) is 14.8 Å². The van der Waals surface area contributed by atoms with E-state index >= 15 is 0 Å². The Labute approximate surface area is 117 Å². The molecule has 98 valence electrons. The fraction of sp³-hybridized carbons (Fsp3) is 0.467. The third-order valence-corrected chi connectivity index (χ3v) is 4.56. The summed E-state index contributed by atoms with van der Waals surface area (Å²) in [6, 6.07) is 9.51. The Morgan fingerprint density at radius 1 is 1.21 bits per heavy atom. The van der Waals surface area contributed by atoms with Crippen LogP contribution in [0.3, 0.4) is 0 Å². The van der Waals surface area contributed by atoms with E-state index in [0.29, 0.717) is 17.9 Å². The maximum Gasteiger partial charge on any atom is 0.195 e. The normalized spacial score (nSPS) is 25.5. The maximum atomic E-state index is 5.35. The molecule has 1 heterocycles. The first kappa shape index (κ1) is 11.4. The van der Waals surface area contributed by atoms with E-state index in [9.17, 15) is 0 Å². The molecule has 1 N–H and O–H groups in total. The van der Waals surface area contributed by atoms with Crippen LogP contribution in [-0.2, 0) is 0 Å². The lowest BCUT2D eigenvalue weighted by Gasteiger charge is -2.04. The Hall–Kier alpha value is -1.42. The highest BCUT2D eigenvalue weighted by Gasteiger charge is 2.44. The van der Waals surface area contributed by atoms with Crippen LogP contribution in [0.5, 0.6) is 0 Å². The average molecular weight is 271 g/mol. The molecule has 3 nitrogen and oxygen atoms in total. The lowest BCUT2D eigenvalue weighted by molar-refractivity contribution is 0.671. The lowest BCUT2D eigenvalue weighted by atomic mass is 10.1. The minimum Gasteiger partial charge on any atom is -0.301 e. The zero-order chi connectivity index (χ0) is 13.0. The molecule has 0 bridgehead atoms. The molecule has 2 saturated carbocycles. The largest absolute Gasteiger partial charge is 0.301 e. The number of aromatic amines is 1. The molecule has 0 aliphatic heterocycles. The van der Waals surface area contributed by atoms with Crippen molar-refractivity contribution in [3.8, 4) is 0 Å². The molecule has 0 amide bonds. The number of hydrogen-bond acceptors (Lipinski definition) is 2. The van der Waals surface area contributed by atoms with E-state index in [2.05, 4.69) is 46.0 Å². The SMILES string of the molecule is Cc1ccc([C@H]2C[C@H]2c2n[nH]c(=S)n2C2CC2)cc1. The highest BCUT2D eigenvalue weighted by atomic mass is 32.1. The first-order valence-electron chi connectivity index (χ1n) is 6.97. The first-order chi connectivity index (χ1) is 9.24. The highest BCUT2D eigenvalue weighted by molar-refractivity contribution is 7.71. The van der Waals surface area contributed by atoms with E-state index in [4.69, 9.17) is 12.2 Å². The number of rotatable bonds is 3. The molecule has 0 saturated heterocycles. The monoisotopic (exact) mass is 271 g/mol. The number of hydrogen-bond donors (Lipinski definition) is 1. The maximum absolute atomic E-state index is 5.35. The van der Waals surface area contributed by atoms with Crippen molar-refractivity contribution in [3.05, 3.63) is 46.0 Å². The fourth-order valence-corrected chi connectivity index (χ4v) is 3.21. The molecule has 2 atom stereocenters. The number of aryl methyl sites for hydroxylation is 1. The summed E-state index contributed by atoms with van der Waals surface area (Å²) in [6.07, 6.45) is 3.71. The molecule has 2 aliphatic rings. The van der Waals surface area contributed by atoms with Crippen molar-refractivity contribution in [3.63, 3.8) is 0 Å². The van der Waals surface area contributed by atoms with Crippen LogP contribution in [0.25, 0.3) is 0 Å². The van der Waals surface area contributed by atoms with Gasteiger partial charge in [-0.3, -0.25) is 5.10 Å². The number of H-pyrrole nitrogens is 1. The van der Waals surface area contributed by atoms with Gasteiger partial charge in [0, 0.05) is 12.0 Å². The molecule has 19 heavy (non-hydrogen) atoms. The summed E-state index contributed by atoms with van der Waals surface area (Å²) in [6.45, 7) is 2.13. The van der Waals surface area contributed by atoms with Gasteiger partial charge in [-0.25, -0.2) is 0 Å². The minimum absolute atomic E-state index is 0.552. The summed E-state index contributed by atoms with van der Waals surface area (Å²) < 4.78 is 3.06. The van der Waals surface area contributed by atoms with Crippen molar-refractivity contribution < 1.29 is 0 Å². The zero-order valence-corrected chi connectivity index (χ0v) is 11.8. The summed E-state index contributed by atoms with van der Waals surface area (Å²) in [5.41, 5.74) is 2.76. The minimum atomic E-state index is 0.552.